The molecule has 3 amide bonds. The van der Waals surface area contributed by atoms with Gasteiger partial charge in [-0.1, -0.05) is 41.3 Å². The standard InChI is InChI=1S/C31H23F4N3O6S2/c1-2-43-21-13-15(7-12-20(21)44-14-22(39)36-19-6-4-3-5-18(19)31(33,34)35)23-24-26(45-27-25(23)46-30(42)37-27)29(41)38(28(24)40)17-10-8-16(32)9-11-17/h3-13,23-24,26H,2,14H2,1H3,(H,36,39)(H,37,42)/t23-,24-,26+/m0/s1. The van der Waals surface area contributed by atoms with E-state index in [-0.39, 0.29) is 28.7 Å². The lowest BCUT2D eigenvalue weighted by atomic mass is 9.83. The number of fused-ring (bicyclic) bond motifs is 2. The van der Waals surface area contributed by atoms with Crippen LogP contribution in [0.2, 0.25) is 0 Å². The van der Waals surface area contributed by atoms with Gasteiger partial charge in [-0.15, -0.1) is 0 Å². The molecule has 0 spiro atoms. The number of carbonyl (C=O) groups is 3. The average molecular weight is 674 g/mol. The summed E-state index contributed by atoms with van der Waals surface area (Å²) in [6.07, 6.45) is -4.67. The number of anilines is 2. The second-order valence-electron chi connectivity index (χ2n) is 10.3. The lowest BCUT2D eigenvalue weighted by Crippen LogP contribution is -2.32. The number of imide groups is 1. The van der Waals surface area contributed by atoms with E-state index in [4.69, 9.17) is 9.47 Å². The topological polar surface area (TPSA) is 118 Å². The van der Waals surface area contributed by atoms with E-state index in [9.17, 15) is 36.7 Å². The van der Waals surface area contributed by atoms with Crippen molar-refractivity contribution in [2.75, 3.05) is 23.4 Å². The minimum absolute atomic E-state index is 0.107. The number of alkyl halides is 3. The van der Waals surface area contributed by atoms with Gasteiger partial charge in [-0.2, -0.15) is 13.2 Å². The van der Waals surface area contributed by atoms with Crippen LogP contribution in [0.4, 0.5) is 28.9 Å². The van der Waals surface area contributed by atoms with Gasteiger partial charge in [-0.25, -0.2) is 9.29 Å². The molecule has 1 aromatic heterocycles. The quantitative estimate of drug-likeness (QED) is 0.179. The van der Waals surface area contributed by atoms with Crippen molar-refractivity contribution in [2.45, 2.75) is 29.3 Å². The highest BCUT2D eigenvalue weighted by Crippen LogP contribution is 2.53. The lowest BCUT2D eigenvalue weighted by Gasteiger charge is -2.30. The zero-order valence-corrected chi connectivity index (χ0v) is 25.4. The largest absolute Gasteiger partial charge is 0.490 e. The van der Waals surface area contributed by atoms with Gasteiger partial charge in [-0.3, -0.25) is 19.2 Å². The maximum absolute atomic E-state index is 13.9. The molecule has 46 heavy (non-hydrogen) atoms. The first kappa shape index (κ1) is 31.4. The fourth-order valence-electron chi connectivity index (χ4n) is 5.50. The Morgan fingerprint density at radius 2 is 1.72 bits per heavy atom. The van der Waals surface area contributed by atoms with Gasteiger partial charge in [0.05, 0.1) is 34.5 Å². The van der Waals surface area contributed by atoms with Crippen LogP contribution < -0.4 is 24.6 Å². The molecule has 15 heteroatoms. The molecule has 1 saturated heterocycles. The number of hydrogen-bond donors (Lipinski definition) is 2. The number of thiazole rings is 1. The number of rotatable bonds is 8. The maximum Gasteiger partial charge on any atom is 0.418 e. The lowest BCUT2D eigenvalue weighted by molar-refractivity contribution is -0.137. The van der Waals surface area contributed by atoms with Crippen LogP contribution in [-0.4, -0.2) is 41.2 Å². The minimum atomic E-state index is -4.67. The van der Waals surface area contributed by atoms with Crippen molar-refractivity contribution >= 4 is 52.2 Å². The fraction of sp³-hybridized carbons (Fsp3) is 0.226. The van der Waals surface area contributed by atoms with E-state index in [0.717, 1.165) is 52.3 Å². The van der Waals surface area contributed by atoms with Crippen LogP contribution in [0.1, 0.15) is 28.8 Å². The zero-order valence-electron chi connectivity index (χ0n) is 23.7. The summed E-state index contributed by atoms with van der Waals surface area (Å²) in [5, 5.41) is 1.79. The summed E-state index contributed by atoms with van der Waals surface area (Å²) >= 11 is 2.01. The Morgan fingerprint density at radius 1 is 0.978 bits per heavy atom. The van der Waals surface area contributed by atoms with Crippen LogP contribution in [0.25, 0.3) is 0 Å². The van der Waals surface area contributed by atoms with Crippen molar-refractivity contribution in [2.24, 2.45) is 5.92 Å². The molecule has 0 bridgehead atoms. The fourth-order valence-corrected chi connectivity index (χ4v) is 8.01. The number of amides is 3. The first-order chi connectivity index (χ1) is 22.0. The van der Waals surface area contributed by atoms with Crippen molar-refractivity contribution in [1.29, 1.82) is 0 Å². The summed E-state index contributed by atoms with van der Waals surface area (Å²) in [6, 6.07) is 14.2. The third kappa shape index (κ3) is 5.87. The zero-order chi connectivity index (χ0) is 32.7. The number of nitrogens with zero attached hydrogens (tertiary/aromatic N) is 1. The Hall–Kier alpha value is -4.63. The number of hydrogen-bond acceptors (Lipinski definition) is 8. The van der Waals surface area contributed by atoms with Crippen molar-refractivity contribution in [3.8, 4) is 11.5 Å². The van der Waals surface area contributed by atoms with Crippen molar-refractivity contribution < 1.29 is 41.4 Å². The molecule has 2 aliphatic heterocycles. The first-order valence-electron chi connectivity index (χ1n) is 13.8. The Morgan fingerprint density at radius 3 is 2.43 bits per heavy atom. The van der Waals surface area contributed by atoms with Gasteiger partial charge in [0.1, 0.15) is 11.1 Å². The first-order valence-corrected chi connectivity index (χ1v) is 15.5. The monoisotopic (exact) mass is 673 g/mol. The smallest absolute Gasteiger partial charge is 0.418 e. The number of halogens is 4. The predicted octanol–water partition coefficient (Wildman–Crippen LogP) is 5.81. The Bertz CT molecular complexity index is 1890. The van der Waals surface area contributed by atoms with Crippen molar-refractivity contribution in [3.05, 3.63) is 98.2 Å². The molecule has 3 aromatic carbocycles. The molecular formula is C31H23F4N3O6S2. The number of benzene rings is 3. The Kier molecular flexibility index (Phi) is 8.37. The van der Waals surface area contributed by atoms with Crippen LogP contribution in [0.5, 0.6) is 11.5 Å². The molecule has 3 heterocycles. The Labute approximate surface area is 266 Å². The summed E-state index contributed by atoms with van der Waals surface area (Å²) in [5.41, 5.74) is -0.679. The van der Waals surface area contributed by atoms with Gasteiger partial charge in [0.2, 0.25) is 11.8 Å². The highest BCUT2D eigenvalue weighted by molar-refractivity contribution is 8.00. The molecule has 9 nitrogen and oxygen atoms in total. The van der Waals surface area contributed by atoms with Crippen molar-refractivity contribution in [1.82, 2.24) is 4.98 Å². The summed E-state index contributed by atoms with van der Waals surface area (Å²) in [4.78, 5) is 56.4. The van der Waals surface area contributed by atoms with Gasteiger partial charge in [0.15, 0.2) is 18.1 Å². The number of thioether (sulfide) groups is 1. The second kappa shape index (κ2) is 12.3. The van der Waals surface area contributed by atoms with Crippen LogP contribution in [-0.2, 0) is 20.6 Å². The van der Waals surface area contributed by atoms with Gasteiger partial charge in [0, 0.05) is 10.8 Å². The minimum Gasteiger partial charge on any atom is -0.490 e. The van der Waals surface area contributed by atoms with Crippen molar-refractivity contribution in [3.63, 3.8) is 0 Å². The van der Waals surface area contributed by atoms with E-state index in [2.05, 4.69) is 10.3 Å². The van der Waals surface area contributed by atoms with Gasteiger partial charge < -0.3 is 19.8 Å². The van der Waals surface area contributed by atoms with E-state index >= 15 is 0 Å². The number of para-hydroxylation sites is 1. The number of aromatic nitrogens is 1. The third-order valence-electron chi connectivity index (χ3n) is 7.40. The maximum atomic E-state index is 13.9. The normalized spacial score (nSPS) is 19.1. The molecule has 238 valence electrons. The molecule has 0 saturated carbocycles. The summed E-state index contributed by atoms with van der Waals surface area (Å²) in [5.74, 6) is -3.76. The highest BCUT2D eigenvalue weighted by atomic mass is 32.2. The number of H-pyrrole nitrogens is 1. The molecule has 4 aromatic rings. The molecule has 2 aliphatic rings. The molecular weight excluding hydrogens is 650 g/mol. The molecule has 1 fully saturated rings. The molecule has 6 rings (SSSR count). The number of carbonyl (C=O) groups excluding carboxylic acids is 3. The number of aromatic amines is 1. The summed E-state index contributed by atoms with van der Waals surface area (Å²) in [7, 11) is 0. The van der Waals surface area contributed by atoms with Gasteiger partial charge in [0.25, 0.3) is 5.91 Å². The Balaban J connectivity index is 1.29. The SMILES string of the molecule is CCOc1cc([C@@H]2c3sc(=O)[nH]c3S[C@H]3C(=O)N(c4ccc(F)cc4)C(=O)[C@@H]23)ccc1OCC(=O)Nc1ccccc1C(F)(F)F. The van der Waals surface area contributed by atoms with E-state index in [1.54, 1.807) is 19.1 Å². The molecule has 2 N–H and O–H groups in total. The molecule has 0 aliphatic carbocycles. The van der Waals surface area contributed by atoms with Gasteiger partial charge >= 0.3 is 11.0 Å². The van der Waals surface area contributed by atoms with E-state index in [1.807, 2.05) is 0 Å². The van der Waals surface area contributed by atoms with Crippen LogP contribution in [0.15, 0.2) is 76.6 Å². The highest BCUT2D eigenvalue weighted by Gasteiger charge is 2.56. The van der Waals surface area contributed by atoms with E-state index in [1.165, 1.54) is 30.3 Å². The third-order valence-corrected chi connectivity index (χ3v) is 9.80. The van der Waals surface area contributed by atoms with Crippen LogP contribution in [0, 0.1) is 11.7 Å². The second-order valence-corrected chi connectivity index (χ2v) is 12.4. The van der Waals surface area contributed by atoms with Crippen LogP contribution >= 0.6 is 23.1 Å². The predicted molar refractivity (Wildman–Crippen MR) is 162 cm³/mol. The number of ether oxygens (including phenoxy) is 2. The van der Waals surface area contributed by atoms with E-state index in [0.29, 0.717) is 15.5 Å². The number of nitrogens with one attached hydrogen (secondary N) is 2. The average Bonchev–Trinajstić information content (AvgIpc) is 3.50. The molecule has 0 unspecified atom stereocenters. The van der Waals surface area contributed by atoms with E-state index < -0.39 is 64.7 Å². The molecule has 3 atom stereocenters. The summed E-state index contributed by atoms with van der Waals surface area (Å²) < 4.78 is 65.0. The van der Waals surface area contributed by atoms with Crippen LogP contribution in [0.3, 0.4) is 0 Å². The molecule has 0 radical (unpaired) electrons. The van der Waals surface area contributed by atoms with Gasteiger partial charge in [-0.05, 0) is 61.0 Å². The summed E-state index contributed by atoms with van der Waals surface area (Å²) in [6.45, 7) is 1.25.